The minimum atomic E-state index is -0.275. The average Bonchev–Trinajstić information content (AvgIpc) is 2.02. The summed E-state index contributed by atoms with van der Waals surface area (Å²) < 4.78 is 12.9. The van der Waals surface area contributed by atoms with Crippen LogP contribution in [0.25, 0.3) is 0 Å². The molecule has 1 aromatic rings. The van der Waals surface area contributed by atoms with Crippen LogP contribution in [-0.2, 0) is 0 Å². The molecule has 2 nitrogen and oxygen atoms in total. The van der Waals surface area contributed by atoms with Crippen LogP contribution in [0.15, 0.2) is 23.2 Å². The highest BCUT2D eigenvalue weighted by Gasteiger charge is 1.96. The Morgan fingerprint density at radius 3 is 2.69 bits per heavy atom. The maximum absolute atomic E-state index is 12.9. The first-order valence-corrected chi connectivity index (χ1v) is 4.22. The van der Waals surface area contributed by atoms with Crippen LogP contribution in [0.4, 0.5) is 10.1 Å². The molecule has 0 aliphatic rings. The van der Waals surface area contributed by atoms with E-state index < -0.39 is 0 Å². The Hall–Kier alpha value is -1.38. The van der Waals surface area contributed by atoms with Crippen molar-refractivity contribution in [1.82, 2.24) is 0 Å². The lowest BCUT2D eigenvalue weighted by atomic mass is 10.2. The fraction of sp³-hybridized carbons (Fsp3) is 0.300. The predicted molar refractivity (Wildman–Crippen MR) is 52.7 cm³/mol. The fourth-order valence-corrected chi connectivity index (χ4v) is 1.03. The van der Waals surface area contributed by atoms with Crippen LogP contribution in [0.3, 0.4) is 0 Å². The van der Waals surface area contributed by atoms with E-state index >= 15 is 0 Å². The first-order chi connectivity index (χ1) is 6.11. The molecule has 13 heavy (non-hydrogen) atoms. The van der Waals surface area contributed by atoms with E-state index in [0.29, 0.717) is 17.9 Å². The summed E-state index contributed by atoms with van der Waals surface area (Å²) in [5, 5.41) is 0. The van der Waals surface area contributed by atoms with Gasteiger partial charge < -0.3 is 5.73 Å². The Kier molecular flexibility index (Phi) is 3.01. The molecule has 0 radical (unpaired) electrons. The topological polar surface area (TPSA) is 38.4 Å². The molecule has 0 aliphatic heterocycles. The SMILES string of the molecule is CCC(N)=Nc1cc(C)cc(F)c1. The summed E-state index contributed by atoms with van der Waals surface area (Å²) >= 11 is 0. The van der Waals surface area contributed by atoms with Gasteiger partial charge in [0.15, 0.2) is 0 Å². The molecule has 0 spiro atoms. The molecule has 2 N–H and O–H groups in total. The zero-order valence-corrected chi connectivity index (χ0v) is 7.84. The number of hydrogen-bond acceptors (Lipinski definition) is 1. The predicted octanol–water partition coefficient (Wildman–Crippen LogP) is 2.53. The van der Waals surface area contributed by atoms with Crippen LogP contribution >= 0.6 is 0 Å². The largest absolute Gasteiger partial charge is 0.387 e. The summed E-state index contributed by atoms with van der Waals surface area (Å²) in [7, 11) is 0. The van der Waals surface area contributed by atoms with E-state index in [-0.39, 0.29) is 5.82 Å². The van der Waals surface area contributed by atoms with Crippen molar-refractivity contribution < 1.29 is 4.39 Å². The van der Waals surface area contributed by atoms with Gasteiger partial charge in [-0.05, 0) is 30.7 Å². The van der Waals surface area contributed by atoms with Crippen LogP contribution in [0, 0.1) is 12.7 Å². The van der Waals surface area contributed by atoms with Crippen molar-refractivity contribution in [2.75, 3.05) is 0 Å². The van der Waals surface area contributed by atoms with Crippen molar-refractivity contribution in [3.8, 4) is 0 Å². The van der Waals surface area contributed by atoms with Crippen LogP contribution < -0.4 is 5.73 Å². The molecule has 0 aliphatic carbocycles. The maximum atomic E-state index is 12.9. The summed E-state index contributed by atoms with van der Waals surface area (Å²) in [5.41, 5.74) is 6.96. The van der Waals surface area contributed by atoms with Crippen molar-refractivity contribution in [1.29, 1.82) is 0 Å². The highest BCUT2D eigenvalue weighted by atomic mass is 19.1. The van der Waals surface area contributed by atoms with Gasteiger partial charge in [-0.15, -0.1) is 0 Å². The van der Waals surface area contributed by atoms with E-state index in [1.165, 1.54) is 12.1 Å². The number of nitrogens with zero attached hydrogens (tertiary/aromatic N) is 1. The lowest BCUT2D eigenvalue weighted by molar-refractivity contribution is 0.627. The lowest BCUT2D eigenvalue weighted by Crippen LogP contribution is -2.08. The van der Waals surface area contributed by atoms with Crippen LogP contribution in [0.2, 0.25) is 0 Å². The number of amidine groups is 1. The van der Waals surface area contributed by atoms with Gasteiger partial charge >= 0.3 is 0 Å². The average molecular weight is 180 g/mol. The second kappa shape index (κ2) is 4.03. The van der Waals surface area contributed by atoms with E-state index in [9.17, 15) is 4.39 Å². The molecule has 0 bridgehead atoms. The molecule has 1 rings (SSSR count). The normalized spacial score (nSPS) is 11.8. The summed E-state index contributed by atoms with van der Waals surface area (Å²) in [6.07, 6.45) is 0.676. The number of nitrogens with two attached hydrogens (primary N) is 1. The first kappa shape index (κ1) is 9.71. The maximum Gasteiger partial charge on any atom is 0.125 e. The van der Waals surface area contributed by atoms with Crippen molar-refractivity contribution in [2.24, 2.45) is 10.7 Å². The van der Waals surface area contributed by atoms with Crippen molar-refractivity contribution >= 4 is 11.5 Å². The van der Waals surface area contributed by atoms with Crippen LogP contribution in [-0.4, -0.2) is 5.84 Å². The van der Waals surface area contributed by atoms with Gasteiger partial charge in [0.2, 0.25) is 0 Å². The molecule has 0 atom stereocenters. The second-order valence-corrected chi connectivity index (χ2v) is 2.94. The molecule has 0 saturated carbocycles. The van der Waals surface area contributed by atoms with Gasteiger partial charge in [0.25, 0.3) is 0 Å². The van der Waals surface area contributed by atoms with Crippen molar-refractivity contribution in [2.45, 2.75) is 20.3 Å². The molecule has 1 aromatic carbocycles. The number of aliphatic imine (C=N–C) groups is 1. The standard InChI is InChI=1S/C10H13FN2/c1-3-10(12)13-9-5-7(2)4-8(11)6-9/h4-6H,3H2,1-2H3,(H2,12,13). The number of halogens is 1. The number of benzene rings is 1. The number of hydrogen-bond donors (Lipinski definition) is 1. The van der Waals surface area contributed by atoms with E-state index in [0.717, 1.165) is 5.56 Å². The third kappa shape index (κ3) is 2.86. The summed E-state index contributed by atoms with van der Waals surface area (Å²) in [6, 6.07) is 4.63. The van der Waals surface area contributed by atoms with Gasteiger partial charge in [-0.3, -0.25) is 0 Å². The highest BCUT2D eigenvalue weighted by molar-refractivity contribution is 5.82. The van der Waals surface area contributed by atoms with Gasteiger partial charge in [-0.25, -0.2) is 9.38 Å². The van der Waals surface area contributed by atoms with Crippen LogP contribution in [0.5, 0.6) is 0 Å². The monoisotopic (exact) mass is 180 g/mol. The van der Waals surface area contributed by atoms with E-state index in [4.69, 9.17) is 5.73 Å². The van der Waals surface area contributed by atoms with Crippen molar-refractivity contribution in [3.63, 3.8) is 0 Å². The first-order valence-electron chi connectivity index (χ1n) is 4.22. The third-order valence-corrected chi connectivity index (χ3v) is 1.66. The van der Waals surface area contributed by atoms with Crippen molar-refractivity contribution in [3.05, 3.63) is 29.6 Å². The molecular weight excluding hydrogens is 167 g/mol. The quantitative estimate of drug-likeness (QED) is 0.551. The van der Waals surface area contributed by atoms with Crippen LogP contribution in [0.1, 0.15) is 18.9 Å². The summed E-state index contributed by atoms with van der Waals surface area (Å²) in [5.74, 6) is 0.243. The Labute approximate surface area is 77.3 Å². The van der Waals surface area contributed by atoms with Gasteiger partial charge in [-0.1, -0.05) is 6.92 Å². The molecule has 0 saturated heterocycles. The minimum Gasteiger partial charge on any atom is -0.387 e. The lowest BCUT2D eigenvalue weighted by Gasteiger charge is -1.99. The van der Waals surface area contributed by atoms with E-state index in [2.05, 4.69) is 4.99 Å². The zero-order chi connectivity index (χ0) is 9.84. The van der Waals surface area contributed by atoms with Gasteiger partial charge in [0.05, 0.1) is 11.5 Å². The summed E-state index contributed by atoms with van der Waals surface area (Å²) in [4.78, 5) is 4.05. The molecular formula is C10H13FN2. The molecule has 0 fully saturated rings. The molecule has 0 amide bonds. The molecule has 3 heteroatoms. The Morgan fingerprint density at radius 2 is 2.15 bits per heavy atom. The van der Waals surface area contributed by atoms with E-state index in [1.54, 1.807) is 6.07 Å². The third-order valence-electron chi connectivity index (χ3n) is 1.66. The zero-order valence-electron chi connectivity index (χ0n) is 7.84. The highest BCUT2D eigenvalue weighted by Crippen LogP contribution is 2.16. The minimum absolute atomic E-state index is 0.275. The Morgan fingerprint density at radius 1 is 1.46 bits per heavy atom. The fourth-order valence-electron chi connectivity index (χ4n) is 1.03. The molecule has 0 heterocycles. The Bertz CT molecular complexity index is 311. The van der Waals surface area contributed by atoms with Gasteiger partial charge in [-0.2, -0.15) is 0 Å². The van der Waals surface area contributed by atoms with E-state index in [1.807, 2.05) is 13.8 Å². The van der Waals surface area contributed by atoms with Gasteiger partial charge in [0.1, 0.15) is 5.82 Å². The molecule has 70 valence electrons. The second-order valence-electron chi connectivity index (χ2n) is 2.94. The molecule has 0 unspecified atom stereocenters. The number of rotatable bonds is 2. The Balaban J connectivity index is 3.02. The van der Waals surface area contributed by atoms with Gasteiger partial charge in [0, 0.05) is 6.42 Å². The smallest absolute Gasteiger partial charge is 0.125 e. The number of aryl methyl sites for hydroxylation is 1. The molecule has 0 aromatic heterocycles. The summed E-state index contributed by atoms with van der Waals surface area (Å²) in [6.45, 7) is 3.73.